The third kappa shape index (κ3) is 3.24. The Morgan fingerprint density at radius 3 is 3.00 bits per heavy atom. The molecule has 19 heavy (non-hydrogen) atoms. The van der Waals surface area contributed by atoms with Crippen molar-refractivity contribution in [2.75, 3.05) is 11.9 Å². The van der Waals surface area contributed by atoms with Gasteiger partial charge in [0.25, 0.3) is 5.91 Å². The van der Waals surface area contributed by atoms with E-state index in [-0.39, 0.29) is 12.0 Å². The molecule has 1 aromatic carbocycles. The van der Waals surface area contributed by atoms with Crippen LogP contribution in [0.25, 0.3) is 0 Å². The second kappa shape index (κ2) is 6.02. The van der Waals surface area contributed by atoms with Gasteiger partial charge in [-0.15, -0.1) is 0 Å². The number of hydrogen-bond donors (Lipinski definition) is 2. The third-order valence-electron chi connectivity index (χ3n) is 3.02. The maximum absolute atomic E-state index is 12.0. The molecule has 6 heteroatoms. The van der Waals surface area contributed by atoms with Gasteiger partial charge in [-0.2, -0.15) is 5.26 Å². The van der Waals surface area contributed by atoms with Crippen LogP contribution in [0.4, 0.5) is 5.69 Å². The van der Waals surface area contributed by atoms with E-state index in [0.29, 0.717) is 29.2 Å². The highest BCUT2D eigenvalue weighted by Crippen LogP contribution is 2.23. The molecule has 1 aliphatic rings. The Morgan fingerprint density at radius 1 is 1.58 bits per heavy atom. The number of amides is 1. The molecule has 0 bridgehead atoms. The normalized spacial score (nSPS) is 21.9. The molecule has 2 atom stereocenters. The fraction of sp³-hybridized carbons (Fsp3) is 0.385. The summed E-state index contributed by atoms with van der Waals surface area (Å²) in [5.74, 6) is -0.269. The van der Waals surface area contributed by atoms with E-state index in [2.05, 4.69) is 5.32 Å². The summed E-state index contributed by atoms with van der Waals surface area (Å²) in [6, 6.07) is 6.72. The van der Waals surface area contributed by atoms with Gasteiger partial charge in [-0.25, -0.2) is 0 Å². The number of ether oxygens (including phenoxy) is 1. The van der Waals surface area contributed by atoms with Crippen molar-refractivity contribution in [3.63, 3.8) is 0 Å². The highest BCUT2D eigenvalue weighted by molar-refractivity contribution is 6.31. The topological polar surface area (TPSA) is 88.1 Å². The number of benzene rings is 1. The van der Waals surface area contributed by atoms with Gasteiger partial charge >= 0.3 is 0 Å². The van der Waals surface area contributed by atoms with Crippen molar-refractivity contribution in [1.29, 1.82) is 5.26 Å². The first-order valence-electron chi connectivity index (χ1n) is 6.00. The fourth-order valence-corrected chi connectivity index (χ4v) is 2.17. The highest BCUT2D eigenvalue weighted by atomic mass is 35.5. The molecule has 5 nitrogen and oxygen atoms in total. The van der Waals surface area contributed by atoms with E-state index in [0.717, 1.165) is 6.42 Å². The van der Waals surface area contributed by atoms with E-state index in [1.165, 1.54) is 0 Å². The molecule has 100 valence electrons. The summed E-state index contributed by atoms with van der Waals surface area (Å²) in [6.45, 7) is 0.407. The van der Waals surface area contributed by atoms with Crippen LogP contribution in [0.15, 0.2) is 18.2 Å². The molecule has 0 spiro atoms. The zero-order valence-corrected chi connectivity index (χ0v) is 11.0. The van der Waals surface area contributed by atoms with E-state index < -0.39 is 6.10 Å². The monoisotopic (exact) mass is 279 g/mol. The summed E-state index contributed by atoms with van der Waals surface area (Å²) in [6.07, 6.45) is 0.829. The summed E-state index contributed by atoms with van der Waals surface area (Å²) >= 11 is 5.85. The molecule has 1 saturated heterocycles. The number of nitrogens with zero attached hydrogens (tertiary/aromatic N) is 1. The van der Waals surface area contributed by atoms with Gasteiger partial charge in [0.2, 0.25) is 0 Å². The van der Waals surface area contributed by atoms with Gasteiger partial charge in [-0.1, -0.05) is 11.6 Å². The lowest BCUT2D eigenvalue weighted by Gasteiger charge is -2.13. The molecule has 1 amide bonds. The number of hydrogen-bond acceptors (Lipinski definition) is 4. The first-order chi connectivity index (χ1) is 9.13. The minimum absolute atomic E-state index is 0.0643. The zero-order chi connectivity index (χ0) is 13.8. The zero-order valence-electron chi connectivity index (χ0n) is 10.2. The highest BCUT2D eigenvalue weighted by Gasteiger charge is 2.30. The summed E-state index contributed by atoms with van der Waals surface area (Å²) in [7, 11) is 0. The van der Waals surface area contributed by atoms with Crippen LogP contribution in [0.2, 0.25) is 5.02 Å². The average molecular weight is 280 g/mol. The number of nitrogens with two attached hydrogens (primary N) is 1. The molecule has 0 aliphatic carbocycles. The summed E-state index contributed by atoms with van der Waals surface area (Å²) in [5.41, 5.74) is 6.27. The molecule has 1 heterocycles. The van der Waals surface area contributed by atoms with Crippen molar-refractivity contribution >= 4 is 23.2 Å². The minimum Gasteiger partial charge on any atom is -0.364 e. The van der Waals surface area contributed by atoms with Crippen LogP contribution in [0.5, 0.6) is 0 Å². The van der Waals surface area contributed by atoms with Gasteiger partial charge in [-0.05, 0) is 31.0 Å². The van der Waals surface area contributed by atoms with Crippen molar-refractivity contribution < 1.29 is 9.53 Å². The van der Waals surface area contributed by atoms with Crippen molar-refractivity contribution in [2.45, 2.75) is 25.0 Å². The lowest BCUT2D eigenvalue weighted by Crippen LogP contribution is -2.30. The first-order valence-corrected chi connectivity index (χ1v) is 6.38. The summed E-state index contributed by atoms with van der Waals surface area (Å²) < 4.78 is 5.50. The van der Waals surface area contributed by atoms with Crippen LogP contribution >= 0.6 is 11.6 Å². The van der Waals surface area contributed by atoms with Crippen LogP contribution in [-0.4, -0.2) is 24.7 Å². The number of anilines is 1. The van der Waals surface area contributed by atoms with Crippen LogP contribution in [0.1, 0.15) is 18.4 Å². The number of nitrogens with one attached hydrogen (secondary N) is 1. The number of carbonyl (C=O) groups is 1. The van der Waals surface area contributed by atoms with E-state index in [1.807, 2.05) is 6.07 Å². The van der Waals surface area contributed by atoms with E-state index in [4.69, 9.17) is 27.3 Å². The quantitative estimate of drug-likeness (QED) is 0.881. The Bertz CT molecular complexity index is 527. The van der Waals surface area contributed by atoms with Gasteiger partial charge in [-0.3, -0.25) is 4.79 Å². The van der Waals surface area contributed by atoms with Crippen LogP contribution in [0, 0.1) is 11.3 Å². The van der Waals surface area contributed by atoms with Crippen LogP contribution in [-0.2, 0) is 9.53 Å². The van der Waals surface area contributed by atoms with E-state index in [1.54, 1.807) is 18.2 Å². The number of halogens is 1. The van der Waals surface area contributed by atoms with Crippen LogP contribution < -0.4 is 11.1 Å². The molecule has 1 aliphatic heterocycles. The Balaban J connectivity index is 2.07. The Hall–Kier alpha value is -1.61. The molecule has 2 rings (SSSR count). The molecule has 0 aromatic heterocycles. The summed E-state index contributed by atoms with van der Waals surface area (Å²) in [4.78, 5) is 12.0. The molecule has 2 unspecified atom stereocenters. The fourth-order valence-electron chi connectivity index (χ4n) is 2.00. The maximum Gasteiger partial charge on any atom is 0.253 e. The Labute approximate surface area is 116 Å². The predicted molar refractivity (Wildman–Crippen MR) is 71.7 cm³/mol. The molecule has 3 N–H and O–H groups in total. The van der Waals surface area contributed by atoms with E-state index >= 15 is 0 Å². The minimum atomic E-state index is -0.515. The standard InChI is InChI=1S/C13H14ClN3O2/c14-9-2-1-8(6-15)11(5-9)17-13(18)12-4-3-10(7-16)19-12/h1-2,5,10,12H,3-4,7,16H2,(H,17,18). The van der Waals surface area contributed by atoms with Gasteiger partial charge in [0.05, 0.1) is 17.4 Å². The Kier molecular flexibility index (Phi) is 4.38. The largest absolute Gasteiger partial charge is 0.364 e. The van der Waals surface area contributed by atoms with Gasteiger partial charge < -0.3 is 15.8 Å². The molecular formula is C13H14ClN3O2. The second-order valence-corrected chi connectivity index (χ2v) is 4.79. The molecule has 0 radical (unpaired) electrons. The first kappa shape index (κ1) is 13.8. The smallest absolute Gasteiger partial charge is 0.253 e. The van der Waals surface area contributed by atoms with Crippen molar-refractivity contribution in [3.05, 3.63) is 28.8 Å². The predicted octanol–water partition coefficient (Wildman–Crippen LogP) is 1.66. The molecule has 1 aromatic rings. The lowest BCUT2D eigenvalue weighted by molar-refractivity contribution is -0.126. The molecule has 0 saturated carbocycles. The lowest BCUT2D eigenvalue weighted by atomic mass is 10.1. The maximum atomic E-state index is 12.0. The molecule has 1 fully saturated rings. The van der Waals surface area contributed by atoms with Crippen molar-refractivity contribution in [1.82, 2.24) is 0 Å². The number of nitriles is 1. The summed E-state index contributed by atoms with van der Waals surface area (Å²) in [5, 5.41) is 12.1. The second-order valence-electron chi connectivity index (χ2n) is 4.35. The van der Waals surface area contributed by atoms with Crippen molar-refractivity contribution in [2.24, 2.45) is 5.73 Å². The van der Waals surface area contributed by atoms with Gasteiger partial charge in [0.15, 0.2) is 0 Å². The Morgan fingerprint density at radius 2 is 2.37 bits per heavy atom. The third-order valence-corrected chi connectivity index (χ3v) is 3.26. The van der Waals surface area contributed by atoms with Crippen LogP contribution in [0.3, 0.4) is 0 Å². The number of carbonyl (C=O) groups excluding carboxylic acids is 1. The van der Waals surface area contributed by atoms with Gasteiger partial charge in [0, 0.05) is 11.6 Å². The SMILES string of the molecule is N#Cc1ccc(Cl)cc1NC(=O)C1CCC(CN)O1. The number of rotatable bonds is 3. The van der Waals surface area contributed by atoms with Crippen molar-refractivity contribution in [3.8, 4) is 6.07 Å². The average Bonchev–Trinajstić information content (AvgIpc) is 2.88. The van der Waals surface area contributed by atoms with Gasteiger partial charge in [0.1, 0.15) is 12.2 Å². The van der Waals surface area contributed by atoms with E-state index in [9.17, 15) is 4.79 Å². The molecular weight excluding hydrogens is 266 g/mol.